The van der Waals surface area contributed by atoms with Crippen LogP contribution in [0.25, 0.3) is 5.76 Å². The van der Waals surface area contributed by atoms with Crippen LogP contribution in [-0.4, -0.2) is 66.3 Å². The number of quaternary nitrogens is 1. The van der Waals surface area contributed by atoms with E-state index in [0.717, 1.165) is 68.2 Å². The molecule has 7 rings (SSSR count). The van der Waals surface area contributed by atoms with Gasteiger partial charge in [-0.25, -0.2) is 0 Å². The first-order chi connectivity index (χ1) is 22.9. The van der Waals surface area contributed by atoms with Crippen molar-refractivity contribution >= 4 is 11.7 Å². The maximum atomic E-state index is 14.6. The molecule has 2 bridgehead atoms. The molecular weight excluding hydrogens is 617 g/mol. The second kappa shape index (κ2) is 12.1. The smallest absolute Gasteiger partial charge is 0.425 e. The first-order valence-corrected chi connectivity index (χ1v) is 17.4. The summed E-state index contributed by atoms with van der Waals surface area (Å²) in [5.41, 5.74) is -1.27. The van der Waals surface area contributed by atoms with E-state index < -0.39 is 29.1 Å². The topological polar surface area (TPSA) is 67.8 Å². The molecule has 5 aliphatic rings. The number of piperidine rings is 1. The number of halogens is 3. The monoisotopic (exact) mass is 663 g/mol. The number of carbonyl (C=O) groups is 1. The van der Waals surface area contributed by atoms with Crippen molar-refractivity contribution in [2.45, 2.75) is 76.4 Å². The van der Waals surface area contributed by atoms with Gasteiger partial charge in [0, 0.05) is 48.0 Å². The van der Waals surface area contributed by atoms with Crippen LogP contribution in [0.2, 0.25) is 0 Å². The van der Waals surface area contributed by atoms with Gasteiger partial charge in [-0.3, -0.25) is 4.79 Å². The maximum Gasteiger partial charge on any atom is 0.425 e. The van der Waals surface area contributed by atoms with E-state index in [1.807, 2.05) is 0 Å². The highest BCUT2D eigenvalue weighted by Gasteiger charge is 2.77. The van der Waals surface area contributed by atoms with Gasteiger partial charge < -0.3 is 24.4 Å². The van der Waals surface area contributed by atoms with Gasteiger partial charge in [-0.2, -0.15) is 13.2 Å². The normalized spacial score (nSPS) is 34.1. The second-order valence-corrected chi connectivity index (χ2v) is 14.9. The first kappa shape index (κ1) is 33.0. The van der Waals surface area contributed by atoms with Crippen molar-refractivity contribution in [1.82, 2.24) is 5.32 Å². The number of aliphatic hydroxyl groups is 1. The fraction of sp³-hybridized carbons (Fsp3) is 0.513. The predicted octanol–water partition coefficient (Wildman–Crippen LogP) is 7.49. The van der Waals surface area contributed by atoms with Crippen LogP contribution in [0, 0.1) is 23.2 Å². The number of aliphatic hydroxyl groups excluding tert-OH is 1. The second-order valence-electron chi connectivity index (χ2n) is 14.9. The minimum Gasteiger partial charge on any atom is -0.506 e. The van der Waals surface area contributed by atoms with E-state index in [2.05, 4.69) is 55.6 Å². The van der Waals surface area contributed by atoms with E-state index in [1.54, 1.807) is 12.1 Å². The van der Waals surface area contributed by atoms with Crippen LogP contribution in [0.4, 0.5) is 13.2 Å². The van der Waals surface area contributed by atoms with Crippen LogP contribution in [0.3, 0.4) is 0 Å². The zero-order valence-electron chi connectivity index (χ0n) is 27.9. The quantitative estimate of drug-likeness (QED) is 0.166. The number of nitrogens with zero attached hydrogens (tertiary/aromatic N) is 1. The molecule has 6 nitrogen and oxygen atoms in total. The highest BCUT2D eigenvalue weighted by molar-refractivity contribution is 6.01. The Morgan fingerprint density at radius 2 is 1.79 bits per heavy atom. The summed E-state index contributed by atoms with van der Waals surface area (Å²) in [4.78, 5) is 14.0. The van der Waals surface area contributed by atoms with E-state index in [9.17, 15) is 23.1 Å². The van der Waals surface area contributed by atoms with Crippen LogP contribution >= 0.6 is 0 Å². The molecule has 0 aromatic heterocycles. The van der Waals surface area contributed by atoms with Crippen molar-refractivity contribution in [1.29, 1.82) is 0 Å². The number of methoxy groups -OCH3 is 1. The Kier molecular flexibility index (Phi) is 8.30. The van der Waals surface area contributed by atoms with Gasteiger partial charge in [0.1, 0.15) is 11.5 Å². The van der Waals surface area contributed by atoms with Crippen molar-refractivity contribution in [2.75, 3.05) is 26.7 Å². The number of amides is 1. The highest BCUT2D eigenvalue weighted by atomic mass is 19.4. The zero-order valence-corrected chi connectivity index (χ0v) is 27.9. The van der Waals surface area contributed by atoms with Crippen LogP contribution in [0.1, 0.15) is 57.1 Å². The van der Waals surface area contributed by atoms with Crippen LogP contribution in [0.15, 0.2) is 89.7 Å². The van der Waals surface area contributed by atoms with Gasteiger partial charge in [0.05, 0.1) is 38.9 Å². The van der Waals surface area contributed by atoms with Gasteiger partial charge in [-0.1, -0.05) is 92.6 Å². The molecule has 2 saturated carbocycles. The summed E-state index contributed by atoms with van der Waals surface area (Å²) in [7, 11) is 1.47. The molecule has 2 saturated heterocycles. The molecule has 3 unspecified atom stereocenters. The van der Waals surface area contributed by atoms with E-state index in [4.69, 9.17) is 9.47 Å². The van der Waals surface area contributed by atoms with E-state index in [0.29, 0.717) is 17.7 Å². The lowest BCUT2D eigenvalue weighted by molar-refractivity contribution is -0.966. The molecule has 2 aliphatic heterocycles. The minimum atomic E-state index is -5.12. The molecule has 1 spiro atoms. The molecule has 3 aliphatic carbocycles. The van der Waals surface area contributed by atoms with Gasteiger partial charge >= 0.3 is 6.18 Å². The number of hydrogen-bond donors (Lipinski definition) is 2. The fourth-order valence-electron chi connectivity index (χ4n) is 10.6. The molecule has 2 aromatic carbocycles. The lowest BCUT2D eigenvalue weighted by Crippen LogP contribution is -2.73. The SMILES string of the molecule is COC1=CC=C2C[C@@H]3[C@@H]4CCC[C@@H]5OC1(NC(=O)C(=C(O)c1ccccc1)C(F)(F)F)C2[C@@]54CC[N+]3(CCc1ccccc1)CC(C)C. The summed E-state index contributed by atoms with van der Waals surface area (Å²) in [6.07, 6.45) is 3.86. The summed E-state index contributed by atoms with van der Waals surface area (Å²) in [5.74, 6) is -1.84. The molecule has 7 atom stereocenters. The van der Waals surface area contributed by atoms with Gasteiger partial charge in [0.2, 0.25) is 5.72 Å². The number of carbonyl (C=O) groups excluding carboxylic acids is 1. The van der Waals surface area contributed by atoms with Crippen LogP contribution < -0.4 is 5.32 Å². The largest absolute Gasteiger partial charge is 0.506 e. The molecule has 1 amide bonds. The molecule has 48 heavy (non-hydrogen) atoms. The molecule has 0 radical (unpaired) electrons. The molecule has 2 heterocycles. The summed E-state index contributed by atoms with van der Waals surface area (Å²) in [6, 6.07) is 18.4. The van der Waals surface area contributed by atoms with E-state index in [1.165, 1.54) is 36.9 Å². The van der Waals surface area contributed by atoms with Gasteiger partial charge in [0.15, 0.2) is 5.57 Å². The van der Waals surface area contributed by atoms with Gasteiger partial charge in [-0.15, -0.1) is 0 Å². The number of ether oxygens (including phenoxy) is 2. The number of benzene rings is 2. The Bertz CT molecular complexity index is 1640. The number of alkyl halides is 3. The number of nitrogens with one attached hydrogen (secondary N) is 1. The Balaban J connectivity index is 1.30. The van der Waals surface area contributed by atoms with Crippen molar-refractivity contribution in [3.8, 4) is 0 Å². The molecule has 2 N–H and O–H groups in total. The Hall–Kier alpha value is -3.56. The third-order valence-electron chi connectivity index (χ3n) is 12.1. The fourth-order valence-corrected chi connectivity index (χ4v) is 10.6. The highest BCUT2D eigenvalue weighted by Crippen LogP contribution is 2.71. The Labute approximate surface area is 280 Å². The van der Waals surface area contributed by atoms with Crippen molar-refractivity contribution in [2.24, 2.45) is 23.2 Å². The number of likely N-dealkylation sites (tertiary alicyclic amines) is 1. The lowest BCUT2D eigenvalue weighted by Gasteiger charge is -2.65. The predicted molar refractivity (Wildman–Crippen MR) is 177 cm³/mol. The third kappa shape index (κ3) is 5.11. The average molecular weight is 664 g/mol. The molecule has 9 heteroatoms. The Morgan fingerprint density at radius 3 is 2.46 bits per heavy atom. The Morgan fingerprint density at radius 1 is 1.08 bits per heavy atom. The van der Waals surface area contributed by atoms with E-state index in [-0.39, 0.29) is 28.9 Å². The molecular formula is C39H46F3N2O4+. The third-order valence-corrected chi connectivity index (χ3v) is 12.1. The zero-order chi connectivity index (χ0) is 33.9. The van der Waals surface area contributed by atoms with E-state index >= 15 is 0 Å². The first-order valence-electron chi connectivity index (χ1n) is 17.4. The number of allylic oxidation sites excluding steroid dienone is 2. The molecule has 4 fully saturated rings. The van der Waals surface area contributed by atoms with Gasteiger partial charge in [-0.05, 0) is 24.5 Å². The minimum absolute atomic E-state index is 0.0913. The van der Waals surface area contributed by atoms with Crippen LogP contribution in [-0.2, 0) is 20.7 Å². The number of rotatable bonds is 9. The van der Waals surface area contributed by atoms with Crippen molar-refractivity contribution in [3.63, 3.8) is 0 Å². The maximum absolute atomic E-state index is 14.6. The standard InChI is InChI=1S/C39H45F3N2O4/c1-25(2)24-44(21-19-26-11-6-4-7-12-26)22-20-37-29-15-10-16-31(37)48-38(32(47-3)18-17-28(35(37)38)23-30(29)44)43-36(46)33(39(40,41)42)34(45)27-13-8-5-9-14-27/h4-9,11-14,17-18,25,29-31,35H,10,15-16,19-24H2,1-3H3,(H-,43,45,46)/p+1/t29-,30+,31-,35?,37+,38?,44?/m0/s1. The van der Waals surface area contributed by atoms with Crippen LogP contribution in [0.5, 0.6) is 0 Å². The lowest BCUT2D eigenvalue weighted by atomic mass is 9.46. The number of hydrogen-bond acceptors (Lipinski definition) is 4. The summed E-state index contributed by atoms with van der Waals surface area (Å²) < 4.78 is 57.8. The van der Waals surface area contributed by atoms with Crippen molar-refractivity contribution in [3.05, 3.63) is 101 Å². The molecule has 256 valence electrons. The van der Waals surface area contributed by atoms with Crippen molar-refractivity contribution < 1.29 is 37.0 Å². The van der Waals surface area contributed by atoms with Gasteiger partial charge in [0.25, 0.3) is 5.91 Å². The summed E-state index contributed by atoms with van der Waals surface area (Å²) in [5, 5.41) is 13.6. The summed E-state index contributed by atoms with van der Waals surface area (Å²) >= 11 is 0. The average Bonchev–Trinajstić information content (AvgIpc) is 3.35. The molecule has 2 aromatic rings. The summed E-state index contributed by atoms with van der Waals surface area (Å²) in [6.45, 7) is 7.64.